The van der Waals surface area contributed by atoms with Gasteiger partial charge in [0.15, 0.2) is 0 Å². The second-order valence-electron chi connectivity index (χ2n) is 4.04. The lowest BCUT2D eigenvalue weighted by molar-refractivity contribution is 0.397. The molecule has 0 atom stereocenters. The van der Waals surface area contributed by atoms with E-state index < -0.39 is 0 Å². The number of aromatic nitrogens is 1. The fourth-order valence-electron chi connectivity index (χ4n) is 1.83. The number of rotatable bonds is 5. The summed E-state index contributed by atoms with van der Waals surface area (Å²) in [4.78, 5) is 4.24. The summed E-state index contributed by atoms with van der Waals surface area (Å²) in [5, 5.41) is 12.2. The first kappa shape index (κ1) is 13.7. The summed E-state index contributed by atoms with van der Waals surface area (Å²) >= 11 is 0. The predicted octanol–water partition coefficient (Wildman–Crippen LogP) is 2.58. The smallest absolute Gasteiger partial charge is 0.147 e. The molecule has 1 aromatic carbocycles. The molecule has 2 aromatic rings. The van der Waals surface area contributed by atoms with E-state index >= 15 is 0 Å². The van der Waals surface area contributed by atoms with Gasteiger partial charge in [0.05, 0.1) is 38.1 Å². The van der Waals surface area contributed by atoms with Gasteiger partial charge in [-0.05, 0) is 12.1 Å². The Morgan fingerprint density at radius 1 is 1.20 bits per heavy atom. The summed E-state index contributed by atoms with van der Waals surface area (Å²) in [5.74, 6) is 1.13. The summed E-state index contributed by atoms with van der Waals surface area (Å²) in [7, 11) is 3.11. The van der Waals surface area contributed by atoms with Crippen molar-refractivity contribution in [1.29, 1.82) is 5.26 Å². The molecule has 2 rings (SSSR count). The van der Waals surface area contributed by atoms with Crippen molar-refractivity contribution in [2.75, 3.05) is 19.5 Å². The fraction of sp³-hybridized carbons (Fsp3) is 0.200. The van der Waals surface area contributed by atoms with E-state index in [9.17, 15) is 0 Å². The molecule has 5 nitrogen and oxygen atoms in total. The average Bonchev–Trinajstić information content (AvgIpc) is 2.52. The van der Waals surface area contributed by atoms with Crippen LogP contribution in [0.4, 0.5) is 5.69 Å². The zero-order valence-corrected chi connectivity index (χ0v) is 11.4. The van der Waals surface area contributed by atoms with Crippen molar-refractivity contribution in [3.8, 4) is 17.6 Å². The molecule has 0 aliphatic carbocycles. The highest BCUT2D eigenvalue weighted by atomic mass is 16.5. The molecule has 0 fully saturated rings. The van der Waals surface area contributed by atoms with Crippen LogP contribution in [0.1, 0.15) is 11.3 Å². The normalized spacial score (nSPS) is 9.65. The van der Waals surface area contributed by atoms with Crippen molar-refractivity contribution in [2.24, 2.45) is 0 Å². The molecule has 1 N–H and O–H groups in total. The molecule has 20 heavy (non-hydrogen) atoms. The highest BCUT2D eigenvalue weighted by Crippen LogP contribution is 2.36. The Morgan fingerprint density at radius 2 is 1.90 bits per heavy atom. The number of ether oxygens (including phenoxy) is 2. The second-order valence-corrected chi connectivity index (χ2v) is 4.04. The van der Waals surface area contributed by atoms with Crippen molar-refractivity contribution in [2.45, 2.75) is 6.54 Å². The summed E-state index contributed by atoms with van der Waals surface area (Å²) in [6.07, 6.45) is 1.74. The Hall–Kier alpha value is -2.74. The van der Waals surface area contributed by atoms with Crippen LogP contribution in [0.5, 0.6) is 11.5 Å². The number of nitrogens with zero attached hydrogens (tertiary/aromatic N) is 2. The minimum absolute atomic E-state index is 0.488. The Kier molecular flexibility index (Phi) is 4.40. The van der Waals surface area contributed by atoms with Gasteiger partial charge in [-0.1, -0.05) is 6.07 Å². The predicted molar refractivity (Wildman–Crippen MR) is 75.8 cm³/mol. The molecule has 0 saturated heterocycles. The van der Waals surface area contributed by atoms with E-state index in [0.29, 0.717) is 29.3 Å². The molecule has 0 radical (unpaired) electrons. The van der Waals surface area contributed by atoms with Crippen LogP contribution in [-0.2, 0) is 6.54 Å². The minimum Gasteiger partial charge on any atom is -0.494 e. The van der Waals surface area contributed by atoms with E-state index in [1.807, 2.05) is 18.2 Å². The van der Waals surface area contributed by atoms with Crippen LogP contribution in [0.15, 0.2) is 36.5 Å². The zero-order valence-electron chi connectivity index (χ0n) is 11.4. The largest absolute Gasteiger partial charge is 0.494 e. The van der Waals surface area contributed by atoms with Gasteiger partial charge in [-0.3, -0.25) is 4.98 Å². The quantitative estimate of drug-likeness (QED) is 0.903. The van der Waals surface area contributed by atoms with Gasteiger partial charge < -0.3 is 14.8 Å². The molecule has 5 heteroatoms. The molecule has 1 aromatic heterocycles. The second kappa shape index (κ2) is 6.43. The molecule has 0 unspecified atom stereocenters. The maximum absolute atomic E-state index is 8.98. The number of pyridine rings is 1. The molecule has 0 bridgehead atoms. The van der Waals surface area contributed by atoms with Crippen LogP contribution in [0, 0.1) is 11.3 Å². The topological polar surface area (TPSA) is 67.2 Å². The van der Waals surface area contributed by atoms with Crippen LogP contribution in [0.3, 0.4) is 0 Å². The van der Waals surface area contributed by atoms with E-state index in [0.717, 1.165) is 5.69 Å². The van der Waals surface area contributed by atoms with Gasteiger partial charge in [-0.15, -0.1) is 0 Å². The van der Waals surface area contributed by atoms with E-state index in [-0.39, 0.29) is 0 Å². The summed E-state index contributed by atoms with van der Waals surface area (Å²) in [6, 6.07) is 11.1. The summed E-state index contributed by atoms with van der Waals surface area (Å²) < 4.78 is 10.6. The Morgan fingerprint density at radius 3 is 2.40 bits per heavy atom. The monoisotopic (exact) mass is 269 g/mol. The molecule has 0 aliphatic heterocycles. The first-order valence-electron chi connectivity index (χ1n) is 6.08. The van der Waals surface area contributed by atoms with E-state index in [2.05, 4.69) is 16.4 Å². The summed E-state index contributed by atoms with van der Waals surface area (Å²) in [6.45, 7) is 0.541. The third kappa shape index (κ3) is 2.98. The highest BCUT2D eigenvalue weighted by molar-refractivity contribution is 5.68. The third-order valence-electron chi connectivity index (χ3n) is 2.81. The lowest BCUT2D eigenvalue weighted by Gasteiger charge is -2.15. The fourth-order valence-corrected chi connectivity index (χ4v) is 1.83. The average molecular weight is 269 g/mol. The van der Waals surface area contributed by atoms with E-state index in [1.54, 1.807) is 32.5 Å². The number of hydrogen-bond acceptors (Lipinski definition) is 5. The standard InChI is InChI=1S/C15H15N3O2/c1-19-13-7-11(9-16)8-14(20-2)15(13)18-10-12-5-3-4-6-17-12/h3-8,18H,10H2,1-2H3. The van der Waals surface area contributed by atoms with Crippen LogP contribution in [0.25, 0.3) is 0 Å². The van der Waals surface area contributed by atoms with Crippen molar-refractivity contribution >= 4 is 5.69 Å². The van der Waals surface area contributed by atoms with Gasteiger partial charge in [0.25, 0.3) is 0 Å². The van der Waals surface area contributed by atoms with Gasteiger partial charge in [0, 0.05) is 18.3 Å². The molecule has 0 spiro atoms. The third-order valence-corrected chi connectivity index (χ3v) is 2.81. The highest BCUT2D eigenvalue weighted by Gasteiger charge is 2.12. The van der Waals surface area contributed by atoms with Crippen LogP contribution in [-0.4, -0.2) is 19.2 Å². The first-order valence-corrected chi connectivity index (χ1v) is 6.08. The van der Waals surface area contributed by atoms with Crippen molar-refractivity contribution in [1.82, 2.24) is 4.98 Å². The molecular weight excluding hydrogens is 254 g/mol. The van der Waals surface area contributed by atoms with Gasteiger partial charge >= 0.3 is 0 Å². The van der Waals surface area contributed by atoms with Crippen LogP contribution >= 0.6 is 0 Å². The van der Waals surface area contributed by atoms with Crippen LogP contribution < -0.4 is 14.8 Å². The molecular formula is C15H15N3O2. The number of nitrogens with one attached hydrogen (secondary N) is 1. The molecule has 1 heterocycles. The number of anilines is 1. The Labute approximate surface area is 117 Å². The SMILES string of the molecule is COc1cc(C#N)cc(OC)c1NCc1ccccn1. The zero-order chi connectivity index (χ0) is 14.4. The number of nitriles is 1. The van der Waals surface area contributed by atoms with Crippen molar-refractivity contribution in [3.63, 3.8) is 0 Å². The Balaban J connectivity index is 2.28. The minimum atomic E-state index is 0.488. The Bertz CT molecular complexity index is 596. The maximum atomic E-state index is 8.98. The molecule has 102 valence electrons. The molecule has 0 amide bonds. The van der Waals surface area contributed by atoms with Gasteiger partial charge in [-0.2, -0.15) is 5.26 Å². The summed E-state index contributed by atoms with van der Waals surface area (Å²) in [5.41, 5.74) is 2.10. The lowest BCUT2D eigenvalue weighted by atomic mass is 10.1. The van der Waals surface area contributed by atoms with Crippen LogP contribution in [0.2, 0.25) is 0 Å². The van der Waals surface area contributed by atoms with Gasteiger partial charge in [-0.25, -0.2) is 0 Å². The molecule has 0 saturated carbocycles. The van der Waals surface area contributed by atoms with Crippen molar-refractivity contribution in [3.05, 3.63) is 47.8 Å². The number of hydrogen-bond donors (Lipinski definition) is 1. The van der Waals surface area contributed by atoms with E-state index in [1.165, 1.54) is 0 Å². The van der Waals surface area contributed by atoms with E-state index in [4.69, 9.17) is 14.7 Å². The number of benzene rings is 1. The van der Waals surface area contributed by atoms with Crippen molar-refractivity contribution < 1.29 is 9.47 Å². The lowest BCUT2D eigenvalue weighted by Crippen LogP contribution is -2.05. The number of methoxy groups -OCH3 is 2. The maximum Gasteiger partial charge on any atom is 0.147 e. The first-order chi connectivity index (χ1) is 9.78. The van der Waals surface area contributed by atoms with Gasteiger partial charge in [0.2, 0.25) is 0 Å². The molecule has 0 aliphatic rings. The van der Waals surface area contributed by atoms with Gasteiger partial charge in [0.1, 0.15) is 17.2 Å².